The first-order valence-corrected chi connectivity index (χ1v) is 11.7. The van der Waals surface area contributed by atoms with E-state index in [4.69, 9.17) is 0 Å². The average Bonchev–Trinajstić information content (AvgIpc) is 3.26. The molecular formula is C24H26F2N5O4-. The van der Waals surface area contributed by atoms with Crippen LogP contribution in [-0.4, -0.2) is 52.2 Å². The lowest BCUT2D eigenvalue weighted by atomic mass is 9.72. The van der Waals surface area contributed by atoms with E-state index in [1.165, 1.54) is 11.8 Å². The lowest BCUT2D eigenvalue weighted by Crippen LogP contribution is -2.65. The molecule has 5 rings (SSSR count). The summed E-state index contributed by atoms with van der Waals surface area (Å²) >= 11 is 0. The highest BCUT2D eigenvalue weighted by molar-refractivity contribution is 6.03. The molecule has 0 bridgehead atoms. The molecule has 3 amide bonds. The van der Waals surface area contributed by atoms with Gasteiger partial charge < -0.3 is 25.0 Å². The van der Waals surface area contributed by atoms with E-state index in [1.54, 1.807) is 42.2 Å². The van der Waals surface area contributed by atoms with E-state index in [9.17, 15) is 28.3 Å². The summed E-state index contributed by atoms with van der Waals surface area (Å²) in [6.45, 7) is 3.62. The second-order valence-electron chi connectivity index (χ2n) is 9.69. The standard InChI is InChI=1S/C24H27F2N5O4/c1-13-22(16-9-24(25,26)10-16)31(23(34)35)20-7-15(3-4-19(20)30(13)14(2)32)17-11-28-29(12-17)18-5-6-27-21(33)8-18/h3-4,7,11-13,16,18,22H,5-6,8-10H2,1-2H3,(H,27,33)(H,34,35)/p-1/t13-,18?,22?/m0/s1. The summed E-state index contributed by atoms with van der Waals surface area (Å²) in [6, 6.07) is 3.50. The smallest absolute Gasteiger partial charge is 0.248 e. The van der Waals surface area contributed by atoms with Crippen LogP contribution in [0.3, 0.4) is 0 Å². The second kappa shape index (κ2) is 8.31. The van der Waals surface area contributed by atoms with Crippen molar-refractivity contribution in [2.75, 3.05) is 16.3 Å². The second-order valence-corrected chi connectivity index (χ2v) is 9.69. The van der Waals surface area contributed by atoms with Crippen LogP contribution in [0, 0.1) is 5.92 Å². The first-order valence-electron chi connectivity index (χ1n) is 11.7. The van der Waals surface area contributed by atoms with Gasteiger partial charge in [-0.2, -0.15) is 5.10 Å². The number of hydrogen-bond donors (Lipinski definition) is 1. The Bertz CT molecular complexity index is 1190. The molecule has 0 spiro atoms. The fourth-order valence-electron chi connectivity index (χ4n) is 5.76. The Morgan fingerprint density at radius 3 is 2.54 bits per heavy atom. The summed E-state index contributed by atoms with van der Waals surface area (Å²) in [5.41, 5.74) is 1.96. The zero-order chi connectivity index (χ0) is 25.1. The summed E-state index contributed by atoms with van der Waals surface area (Å²) in [5, 5.41) is 19.5. The number of rotatable bonds is 3. The Kier molecular flexibility index (Phi) is 5.52. The molecule has 9 nitrogen and oxygen atoms in total. The molecule has 2 aromatic rings. The topological polar surface area (TPSA) is 111 Å². The third kappa shape index (κ3) is 4.02. The van der Waals surface area contributed by atoms with Crippen molar-refractivity contribution in [3.63, 3.8) is 0 Å². The Labute approximate surface area is 200 Å². The Morgan fingerprint density at radius 2 is 1.91 bits per heavy atom. The summed E-state index contributed by atoms with van der Waals surface area (Å²) in [5.74, 6) is -3.78. The van der Waals surface area contributed by atoms with E-state index in [-0.39, 0.29) is 23.5 Å². The average molecular weight is 486 g/mol. The summed E-state index contributed by atoms with van der Waals surface area (Å²) < 4.78 is 29.2. The molecule has 11 heteroatoms. The highest BCUT2D eigenvalue weighted by atomic mass is 19.3. The van der Waals surface area contributed by atoms with Crippen molar-refractivity contribution in [1.82, 2.24) is 15.1 Å². The van der Waals surface area contributed by atoms with Crippen LogP contribution in [0.2, 0.25) is 0 Å². The van der Waals surface area contributed by atoms with Crippen molar-refractivity contribution in [3.05, 3.63) is 30.6 Å². The Hall–Kier alpha value is -3.50. The minimum absolute atomic E-state index is 0.0391. The molecule has 1 aromatic carbocycles. The van der Waals surface area contributed by atoms with Crippen LogP contribution < -0.4 is 20.2 Å². The number of carbonyl (C=O) groups excluding carboxylic acids is 3. The number of fused-ring (bicyclic) bond motifs is 1. The maximum absolute atomic E-state index is 13.7. The van der Waals surface area contributed by atoms with Gasteiger partial charge in [-0.1, -0.05) is 6.07 Å². The van der Waals surface area contributed by atoms with Crippen LogP contribution >= 0.6 is 0 Å². The number of alkyl halides is 2. The normalized spacial score (nSPS) is 26.1. The fourth-order valence-corrected chi connectivity index (χ4v) is 5.76. The number of carbonyl (C=O) groups is 3. The van der Waals surface area contributed by atoms with Gasteiger partial charge in [0.25, 0.3) is 0 Å². The molecule has 0 radical (unpaired) electrons. The number of carboxylic acid groups (broad SMARTS) is 1. The minimum atomic E-state index is -2.84. The number of halogens is 2. The minimum Gasteiger partial charge on any atom is -0.530 e. The van der Waals surface area contributed by atoms with Crippen molar-refractivity contribution >= 4 is 29.3 Å². The van der Waals surface area contributed by atoms with Crippen LogP contribution in [0.5, 0.6) is 0 Å². The van der Waals surface area contributed by atoms with Gasteiger partial charge in [-0.05, 0) is 37.0 Å². The molecule has 35 heavy (non-hydrogen) atoms. The van der Waals surface area contributed by atoms with E-state index >= 15 is 0 Å². The molecule has 186 valence electrons. The van der Waals surface area contributed by atoms with Crippen LogP contribution in [0.25, 0.3) is 11.1 Å². The largest absolute Gasteiger partial charge is 0.530 e. The Balaban J connectivity index is 1.54. The molecule has 2 fully saturated rings. The molecule has 1 aromatic heterocycles. The molecular weight excluding hydrogens is 460 g/mol. The number of nitrogens with zero attached hydrogens (tertiary/aromatic N) is 4. The predicted octanol–water partition coefficient (Wildman–Crippen LogP) is 2.32. The van der Waals surface area contributed by atoms with Crippen molar-refractivity contribution in [3.8, 4) is 11.1 Å². The van der Waals surface area contributed by atoms with Gasteiger partial charge in [0.15, 0.2) is 0 Å². The summed E-state index contributed by atoms with van der Waals surface area (Å²) in [4.78, 5) is 39.1. The number of aromatic nitrogens is 2. The van der Waals surface area contributed by atoms with Crippen LogP contribution in [-0.2, 0) is 9.59 Å². The van der Waals surface area contributed by atoms with Gasteiger partial charge in [0.05, 0.1) is 35.7 Å². The molecule has 3 heterocycles. The van der Waals surface area contributed by atoms with E-state index in [0.29, 0.717) is 29.8 Å². The van der Waals surface area contributed by atoms with Gasteiger partial charge in [-0.25, -0.2) is 8.78 Å². The van der Waals surface area contributed by atoms with Crippen LogP contribution in [0.15, 0.2) is 30.6 Å². The quantitative estimate of drug-likeness (QED) is 0.716. The lowest BCUT2D eigenvalue weighted by Gasteiger charge is -2.54. The first-order chi connectivity index (χ1) is 16.6. The molecule has 3 atom stereocenters. The van der Waals surface area contributed by atoms with Gasteiger partial charge in [0.1, 0.15) is 6.09 Å². The van der Waals surface area contributed by atoms with Crippen molar-refractivity contribution in [2.45, 2.75) is 63.6 Å². The molecule has 2 unspecified atom stereocenters. The number of nitrogens with one attached hydrogen (secondary N) is 1. The van der Waals surface area contributed by atoms with Crippen molar-refractivity contribution in [2.24, 2.45) is 5.92 Å². The lowest BCUT2D eigenvalue weighted by molar-refractivity contribution is -0.248. The van der Waals surface area contributed by atoms with Gasteiger partial charge in [-0.3, -0.25) is 14.3 Å². The van der Waals surface area contributed by atoms with Gasteiger partial charge in [-0.15, -0.1) is 0 Å². The summed E-state index contributed by atoms with van der Waals surface area (Å²) in [7, 11) is 0. The molecule has 1 aliphatic carbocycles. The monoisotopic (exact) mass is 486 g/mol. The van der Waals surface area contributed by atoms with E-state index < -0.39 is 42.9 Å². The number of hydrogen-bond acceptors (Lipinski definition) is 5. The number of benzene rings is 1. The predicted molar refractivity (Wildman–Crippen MR) is 121 cm³/mol. The highest BCUT2D eigenvalue weighted by Crippen LogP contribution is 2.50. The first kappa shape index (κ1) is 23.3. The van der Waals surface area contributed by atoms with Gasteiger partial charge >= 0.3 is 0 Å². The molecule has 2 aliphatic heterocycles. The van der Waals surface area contributed by atoms with Crippen LogP contribution in [0.1, 0.15) is 45.6 Å². The molecule has 1 saturated heterocycles. The van der Waals surface area contributed by atoms with E-state index in [0.717, 1.165) is 11.3 Å². The SMILES string of the molecule is CC(=O)N1c2ccc(-c3cnn(C4CCNC(=O)C4)c3)cc2N(C(=O)[O-])C(C2CC(F)(F)C2)[C@@H]1C. The van der Waals surface area contributed by atoms with Crippen molar-refractivity contribution < 1.29 is 28.3 Å². The Morgan fingerprint density at radius 1 is 1.17 bits per heavy atom. The number of piperidine rings is 1. The molecule has 1 N–H and O–H groups in total. The third-order valence-corrected chi connectivity index (χ3v) is 7.36. The zero-order valence-corrected chi connectivity index (χ0v) is 19.4. The molecule has 3 aliphatic rings. The fraction of sp³-hybridized carbons (Fsp3) is 0.500. The number of amides is 3. The van der Waals surface area contributed by atoms with Crippen LogP contribution in [0.4, 0.5) is 25.0 Å². The zero-order valence-electron chi connectivity index (χ0n) is 19.4. The van der Waals surface area contributed by atoms with Gasteiger partial charge in [0, 0.05) is 44.5 Å². The highest BCUT2D eigenvalue weighted by Gasteiger charge is 2.54. The maximum Gasteiger partial charge on any atom is 0.248 e. The molecule has 1 saturated carbocycles. The maximum atomic E-state index is 13.7. The number of anilines is 2. The summed E-state index contributed by atoms with van der Waals surface area (Å²) in [6.07, 6.45) is 2.13. The third-order valence-electron chi connectivity index (χ3n) is 7.36. The van der Waals surface area contributed by atoms with E-state index in [2.05, 4.69) is 10.4 Å². The van der Waals surface area contributed by atoms with E-state index in [1.807, 2.05) is 0 Å². The van der Waals surface area contributed by atoms with Gasteiger partial charge in [0.2, 0.25) is 17.7 Å². The van der Waals surface area contributed by atoms with Crippen molar-refractivity contribution in [1.29, 1.82) is 0 Å².